The molecule has 5 nitrogen and oxygen atoms in total. The van der Waals surface area contributed by atoms with Gasteiger partial charge in [-0.1, -0.05) is 13.8 Å². The molecule has 0 aromatic heterocycles. The Hall–Kier alpha value is -1.40. The van der Waals surface area contributed by atoms with Crippen molar-refractivity contribution in [3.05, 3.63) is 23.3 Å². The Morgan fingerprint density at radius 2 is 1.76 bits per heavy atom. The SMILES string of the molecule is C[C@@H]1C[C@@H](C)CN(S(=O)(=O)c2cc3c4c(c2)[C@H](C)C(=O)N4CCC3)C1. The average Bonchev–Trinajstić information content (AvgIpc) is 2.81. The Morgan fingerprint density at radius 1 is 1.08 bits per heavy atom. The molecule has 3 aliphatic rings. The molecule has 1 fully saturated rings. The first kappa shape index (κ1) is 17.0. The zero-order valence-electron chi connectivity index (χ0n) is 15.2. The Labute approximate surface area is 150 Å². The smallest absolute Gasteiger partial charge is 0.243 e. The molecule has 1 saturated heterocycles. The third kappa shape index (κ3) is 2.61. The topological polar surface area (TPSA) is 57.7 Å². The van der Waals surface area contributed by atoms with Crippen molar-refractivity contribution in [2.75, 3.05) is 24.5 Å². The van der Waals surface area contributed by atoms with Crippen molar-refractivity contribution in [3.63, 3.8) is 0 Å². The maximum Gasteiger partial charge on any atom is 0.243 e. The normalized spacial score (nSPS) is 29.8. The Morgan fingerprint density at radius 3 is 2.44 bits per heavy atom. The molecule has 4 rings (SSSR count). The van der Waals surface area contributed by atoms with Gasteiger partial charge in [-0.3, -0.25) is 4.79 Å². The van der Waals surface area contributed by atoms with Crippen molar-refractivity contribution in [1.82, 2.24) is 4.31 Å². The minimum Gasteiger partial charge on any atom is -0.311 e. The van der Waals surface area contributed by atoms with Crippen LogP contribution in [-0.4, -0.2) is 38.3 Å². The molecule has 1 aromatic rings. The molecule has 0 radical (unpaired) electrons. The second-order valence-corrected chi connectivity index (χ2v) is 10.0. The number of hydrogen-bond acceptors (Lipinski definition) is 3. The van der Waals surface area contributed by atoms with Gasteiger partial charge in [0.2, 0.25) is 15.9 Å². The summed E-state index contributed by atoms with van der Waals surface area (Å²) < 4.78 is 28.2. The number of nitrogens with zero attached hydrogens (tertiary/aromatic N) is 2. The fourth-order valence-corrected chi connectivity index (χ4v) is 6.53. The van der Waals surface area contributed by atoms with E-state index >= 15 is 0 Å². The molecule has 0 saturated carbocycles. The van der Waals surface area contributed by atoms with Crippen molar-refractivity contribution in [3.8, 4) is 0 Å². The van der Waals surface area contributed by atoms with E-state index in [9.17, 15) is 13.2 Å². The quantitative estimate of drug-likeness (QED) is 0.813. The van der Waals surface area contributed by atoms with Crippen LogP contribution in [-0.2, 0) is 21.2 Å². The molecule has 0 aliphatic carbocycles. The Bertz CT molecular complexity index is 823. The lowest BCUT2D eigenvalue weighted by atomic mass is 9.94. The number of amides is 1. The van der Waals surface area contributed by atoms with Crippen molar-refractivity contribution in [1.29, 1.82) is 0 Å². The molecule has 0 unspecified atom stereocenters. The zero-order valence-corrected chi connectivity index (χ0v) is 16.0. The third-order valence-corrected chi connectivity index (χ3v) is 7.68. The Kier molecular flexibility index (Phi) is 3.96. The van der Waals surface area contributed by atoms with E-state index in [1.807, 2.05) is 17.9 Å². The highest BCUT2D eigenvalue weighted by molar-refractivity contribution is 7.89. The summed E-state index contributed by atoms with van der Waals surface area (Å²) in [6.45, 7) is 8.03. The summed E-state index contributed by atoms with van der Waals surface area (Å²) in [6, 6.07) is 3.57. The molecule has 0 N–H and O–H groups in total. The molecular weight excluding hydrogens is 336 g/mol. The maximum absolute atomic E-state index is 13.3. The lowest BCUT2D eigenvalue weighted by Gasteiger charge is -2.34. The van der Waals surface area contributed by atoms with E-state index in [0.29, 0.717) is 29.8 Å². The van der Waals surface area contributed by atoms with Gasteiger partial charge in [0.1, 0.15) is 0 Å². The van der Waals surface area contributed by atoms with Crippen LogP contribution in [0.1, 0.15) is 50.7 Å². The molecule has 0 spiro atoms. The number of carbonyl (C=O) groups excluding carboxylic acids is 1. The molecule has 136 valence electrons. The molecule has 3 heterocycles. The molecule has 3 atom stereocenters. The van der Waals surface area contributed by atoms with Gasteiger partial charge in [0, 0.05) is 19.6 Å². The number of aryl methyl sites for hydroxylation is 1. The summed E-state index contributed by atoms with van der Waals surface area (Å²) in [5.41, 5.74) is 2.88. The second-order valence-electron chi connectivity index (χ2n) is 8.10. The number of piperidine rings is 1. The number of hydrogen-bond donors (Lipinski definition) is 0. The minimum atomic E-state index is -3.51. The van der Waals surface area contributed by atoms with Crippen molar-refractivity contribution in [2.24, 2.45) is 11.8 Å². The largest absolute Gasteiger partial charge is 0.311 e. The number of carbonyl (C=O) groups is 1. The van der Waals surface area contributed by atoms with E-state index in [4.69, 9.17) is 0 Å². The predicted molar refractivity (Wildman–Crippen MR) is 97.2 cm³/mol. The summed E-state index contributed by atoms with van der Waals surface area (Å²) in [4.78, 5) is 14.7. The van der Waals surface area contributed by atoms with E-state index in [-0.39, 0.29) is 11.8 Å². The Balaban J connectivity index is 1.78. The second kappa shape index (κ2) is 5.81. The monoisotopic (exact) mass is 362 g/mol. The predicted octanol–water partition coefficient (Wildman–Crippen LogP) is 2.75. The summed E-state index contributed by atoms with van der Waals surface area (Å²) >= 11 is 0. The first-order valence-corrected chi connectivity index (χ1v) is 10.7. The van der Waals surface area contributed by atoms with Gasteiger partial charge in [0.15, 0.2) is 0 Å². The van der Waals surface area contributed by atoms with E-state index in [1.165, 1.54) is 0 Å². The van der Waals surface area contributed by atoms with Gasteiger partial charge in [0.25, 0.3) is 0 Å². The van der Waals surface area contributed by atoms with Gasteiger partial charge in [-0.05, 0) is 61.3 Å². The van der Waals surface area contributed by atoms with Crippen LogP contribution < -0.4 is 4.90 Å². The number of benzene rings is 1. The van der Waals surface area contributed by atoms with E-state index in [0.717, 1.165) is 42.6 Å². The van der Waals surface area contributed by atoms with Gasteiger partial charge in [-0.15, -0.1) is 0 Å². The molecule has 3 aliphatic heterocycles. The first-order chi connectivity index (χ1) is 11.8. The lowest BCUT2D eigenvalue weighted by Crippen LogP contribution is -2.42. The van der Waals surface area contributed by atoms with Crippen LogP contribution in [0, 0.1) is 11.8 Å². The van der Waals surface area contributed by atoms with Crippen LogP contribution in [0.5, 0.6) is 0 Å². The standard InChI is InChI=1S/C19H26N2O3S/c1-12-7-13(2)11-20(10-12)25(23,24)16-8-15-5-4-6-21-18(15)17(9-16)14(3)19(21)22/h8-9,12-14H,4-7,10-11H2,1-3H3/t12-,13-,14+/m1/s1. The van der Waals surface area contributed by atoms with Crippen molar-refractivity contribution < 1.29 is 13.2 Å². The molecule has 1 aromatic carbocycles. The summed E-state index contributed by atoms with van der Waals surface area (Å²) in [7, 11) is -3.51. The highest BCUT2D eigenvalue weighted by Gasteiger charge is 2.40. The molecule has 0 bridgehead atoms. The van der Waals surface area contributed by atoms with Crippen LogP contribution in [0.4, 0.5) is 5.69 Å². The summed E-state index contributed by atoms with van der Waals surface area (Å²) in [6.07, 6.45) is 2.81. The minimum absolute atomic E-state index is 0.103. The van der Waals surface area contributed by atoms with Gasteiger partial charge >= 0.3 is 0 Å². The van der Waals surface area contributed by atoms with E-state index in [2.05, 4.69) is 13.8 Å². The van der Waals surface area contributed by atoms with E-state index in [1.54, 1.807) is 10.4 Å². The van der Waals surface area contributed by atoms with Crippen molar-refractivity contribution >= 4 is 21.6 Å². The molecule has 25 heavy (non-hydrogen) atoms. The summed E-state index contributed by atoms with van der Waals surface area (Å²) in [5, 5.41) is 0. The molecular formula is C19H26N2O3S. The number of sulfonamides is 1. The molecule has 6 heteroatoms. The summed E-state index contributed by atoms with van der Waals surface area (Å²) in [5.74, 6) is 0.608. The van der Waals surface area contributed by atoms with Gasteiger partial charge in [-0.2, -0.15) is 4.31 Å². The molecule has 1 amide bonds. The van der Waals surface area contributed by atoms with Gasteiger partial charge < -0.3 is 4.90 Å². The van der Waals surface area contributed by atoms with Crippen LogP contribution in [0.15, 0.2) is 17.0 Å². The highest BCUT2D eigenvalue weighted by Crippen LogP contribution is 2.44. The van der Waals surface area contributed by atoms with Gasteiger partial charge in [0.05, 0.1) is 16.5 Å². The maximum atomic E-state index is 13.3. The highest BCUT2D eigenvalue weighted by atomic mass is 32.2. The first-order valence-electron chi connectivity index (χ1n) is 9.27. The number of rotatable bonds is 2. The number of anilines is 1. The fourth-order valence-electron chi connectivity index (χ4n) is 4.77. The lowest BCUT2D eigenvalue weighted by molar-refractivity contribution is -0.119. The fraction of sp³-hybridized carbons (Fsp3) is 0.632. The van der Waals surface area contributed by atoms with Crippen LogP contribution in [0.2, 0.25) is 0 Å². The van der Waals surface area contributed by atoms with Gasteiger partial charge in [-0.25, -0.2) is 8.42 Å². The van der Waals surface area contributed by atoms with Crippen LogP contribution >= 0.6 is 0 Å². The zero-order chi connectivity index (χ0) is 17.9. The van der Waals surface area contributed by atoms with Crippen LogP contribution in [0.3, 0.4) is 0 Å². The van der Waals surface area contributed by atoms with Crippen molar-refractivity contribution in [2.45, 2.75) is 50.8 Å². The van der Waals surface area contributed by atoms with Crippen LogP contribution in [0.25, 0.3) is 0 Å². The van der Waals surface area contributed by atoms with E-state index < -0.39 is 10.0 Å². The third-order valence-electron chi connectivity index (χ3n) is 5.87. The average molecular weight is 362 g/mol.